The van der Waals surface area contributed by atoms with E-state index >= 15 is 0 Å². The molecule has 0 amide bonds. The molecule has 0 bridgehead atoms. The summed E-state index contributed by atoms with van der Waals surface area (Å²) in [5.41, 5.74) is 0.408. The molecule has 3 aliphatic rings. The lowest BCUT2D eigenvalue weighted by Crippen LogP contribution is -2.25. The van der Waals surface area contributed by atoms with Crippen LogP contribution in [0.2, 0.25) is 0 Å². The zero-order chi connectivity index (χ0) is 8.34. The van der Waals surface area contributed by atoms with Gasteiger partial charge in [0.05, 0.1) is 6.10 Å². The number of hydrogen-bond donors (Lipinski definition) is 1. The Morgan fingerprint density at radius 2 is 2.08 bits per heavy atom. The van der Waals surface area contributed by atoms with Gasteiger partial charge < -0.3 is 5.11 Å². The minimum absolute atomic E-state index is 0.122. The van der Waals surface area contributed by atoms with Gasteiger partial charge in [0.25, 0.3) is 0 Å². The molecule has 0 heterocycles. The molecule has 3 fully saturated rings. The zero-order valence-corrected chi connectivity index (χ0v) is 7.53. The summed E-state index contributed by atoms with van der Waals surface area (Å²) < 4.78 is 0. The van der Waals surface area contributed by atoms with E-state index in [0.717, 1.165) is 17.8 Å². The summed E-state index contributed by atoms with van der Waals surface area (Å²) in [6, 6.07) is 0. The van der Waals surface area contributed by atoms with E-state index in [2.05, 4.69) is 0 Å². The van der Waals surface area contributed by atoms with Gasteiger partial charge in [-0.25, -0.2) is 0 Å². The van der Waals surface area contributed by atoms with Crippen molar-refractivity contribution in [3.8, 4) is 0 Å². The van der Waals surface area contributed by atoms with Crippen LogP contribution in [-0.4, -0.2) is 11.2 Å². The van der Waals surface area contributed by atoms with Crippen molar-refractivity contribution in [1.82, 2.24) is 0 Å². The Kier molecular flexibility index (Phi) is 1.16. The first-order chi connectivity index (χ1) is 5.83. The number of rotatable bonds is 2. The van der Waals surface area contributed by atoms with E-state index in [1.165, 1.54) is 19.3 Å². The summed E-state index contributed by atoms with van der Waals surface area (Å²) in [5.74, 6) is 2.74. The monoisotopic (exact) mass is 164 g/mol. The second-order valence-electron chi connectivity index (χ2n) is 4.64. The SMILES string of the molecule is C/C=C/C(O)C12C3CCCC1C32. The van der Waals surface area contributed by atoms with Crippen LogP contribution in [0, 0.1) is 23.2 Å². The third-order valence-electron chi connectivity index (χ3n) is 4.43. The molecule has 3 rings (SSSR count). The number of aliphatic hydroxyl groups excluding tert-OH is 1. The van der Waals surface area contributed by atoms with Crippen molar-refractivity contribution in [1.29, 1.82) is 0 Å². The van der Waals surface area contributed by atoms with E-state index in [1.807, 2.05) is 19.1 Å². The van der Waals surface area contributed by atoms with Crippen molar-refractivity contribution in [2.75, 3.05) is 0 Å². The molecule has 0 aliphatic heterocycles. The van der Waals surface area contributed by atoms with Crippen LogP contribution >= 0.6 is 0 Å². The minimum atomic E-state index is -0.122. The van der Waals surface area contributed by atoms with Crippen LogP contribution in [0.3, 0.4) is 0 Å². The lowest BCUT2D eigenvalue weighted by molar-refractivity contribution is 0.112. The average Bonchev–Trinajstić information content (AvgIpc) is 2.93. The molecule has 12 heavy (non-hydrogen) atoms. The van der Waals surface area contributed by atoms with Gasteiger partial charge in [-0.15, -0.1) is 0 Å². The second-order valence-corrected chi connectivity index (χ2v) is 4.64. The molecule has 1 heteroatoms. The third-order valence-corrected chi connectivity index (χ3v) is 4.43. The fraction of sp³-hybridized carbons (Fsp3) is 0.818. The van der Waals surface area contributed by atoms with Gasteiger partial charge in [-0.1, -0.05) is 18.6 Å². The zero-order valence-electron chi connectivity index (χ0n) is 7.53. The smallest absolute Gasteiger partial charge is 0.0785 e. The maximum absolute atomic E-state index is 9.91. The van der Waals surface area contributed by atoms with Crippen molar-refractivity contribution in [3.63, 3.8) is 0 Å². The average molecular weight is 164 g/mol. The van der Waals surface area contributed by atoms with Gasteiger partial charge in [-0.05, 0) is 37.5 Å². The fourth-order valence-electron chi connectivity index (χ4n) is 3.91. The predicted molar refractivity (Wildman–Crippen MR) is 47.6 cm³/mol. The van der Waals surface area contributed by atoms with Crippen molar-refractivity contribution >= 4 is 0 Å². The first-order valence-electron chi connectivity index (χ1n) is 5.14. The lowest BCUT2D eigenvalue weighted by Gasteiger charge is -2.26. The fourth-order valence-corrected chi connectivity index (χ4v) is 3.91. The van der Waals surface area contributed by atoms with Crippen LogP contribution in [0.1, 0.15) is 26.2 Å². The van der Waals surface area contributed by atoms with E-state index in [9.17, 15) is 5.11 Å². The molecule has 3 unspecified atom stereocenters. The van der Waals surface area contributed by atoms with Crippen LogP contribution in [-0.2, 0) is 0 Å². The van der Waals surface area contributed by atoms with Gasteiger partial charge in [0.2, 0.25) is 0 Å². The Balaban J connectivity index is 1.79. The Hall–Kier alpha value is -0.300. The Labute approximate surface area is 73.5 Å². The molecule has 0 aromatic rings. The van der Waals surface area contributed by atoms with Gasteiger partial charge in [-0.2, -0.15) is 0 Å². The van der Waals surface area contributed by atoms with E-state index in [4.69, 9.17) is 0 Å². The first kappa shape index (κ1) is 7.14. The van der Waals surface area contributed by atoms with Gasteiger partial charge in [0.1, 0.15) is 0 Å². The maximum Gasteiger partial charge on any atom is 0.0785 e. The summed E-state index contributed by atoms with van der Waals surface area (Å²) in [6.07, 6.45) is 8.03. The quantitative estimate of drug-likeness (QED) is 0.619. The van der Waals surface area contributed by atoms with Gasteiger partial charge >= 0.3 is 0 Å². The standard InChI is InChI=1S/C11H16O/c1-2-4-9(12)11-7-5-3-6-8(11)10(7)11/h2,4,7-10,12H,3,5-6H2,1H3/b4-2+. The third kappa shape index (κ3) is 0.545. The molecule has 1 N–H and O–H groups in total. The molecular formula is C11H16O. The highest BCUT2D eigenvalue weighted by Crippen LogP contribution is 2.89. The molecule has 3 atom stereocenters. The molecule has 3 saturated carbocycles. The van der Waals surface area contributed by atoms with E-state index in [-0.39, 0.29) is 6.10 Å². The van der Waals surface area contributed by atoms with Crippen molar-refractivity contribution in [3.05, 3.63) is 12.2 Å². The van der Waals surface area contributed by atoms with Gasteiger partial charge in [0.15, 0.2) is 0 Å². The van der Waals surface area contributed by atoms with Crippen LogP contribution in [0.15, 0.2) is 12.2 Å². The Morgan fingerprint density at radius 3 is 2.58 bits per heavy atom. The normalized spacial score (nSPS) is 56.7. The minimum Gasteiger partial charge on any atom is -0.388 e. The van der Waals surface area contributed by atoms with Crippen LogP contribution in [0.5, 0.6) is 0 Å². The maximum atomic E-state index is 9.91. The molecule has 1 nitrogen and oxygen atoms in total. The van der Waals surface area contributed by atoms with Crippen molar-refractivity contribution in [2.24, 2.45) is 23.2 Å². The second kappa shape index (κ2) is 1.95. The number of fused-ring (bicyclic) bond motifs is 2. The number of aliphatic hydroxyl groups is 1. The summed E-state index contributed by atoms with van der Waals surface area (Å²) >= 11 is 0. The number of hydrogen-bond acceptors (Lipinski definition) is 1. The van der Waals surface area contributed by atoms with E-state index < -0.39 is 0 Å². The molecule has 3 aliphatic carbocycles. The lowest BCUT2D eigenvalue weighted by atomic mass is 9.80. The van der Waals surface area contributed by atoms with Crippen LogP contribution < -0.4 is 0 Å². The van der Waals surface area contributed by atoms with E-state index in [0.29, 0.717) is 5.41 Å². The first-order valence-corrected chi connectivity index (χ1v) is 5.14. The molecule has 66 valence electrons. The number of allylic oxidation sites excluding steroid dienone is 1. The van der Waals surface area contributed by atoms with E-state index in [1.54, 1.807) is 0 Å². The highest BCUT2D eigenvalue weighted by atomic mass is 16.3. The van der Waals surface area contributed by atoms with Crippen LogP contribution in [0.25, 0.3) is 0 Å². The summed E-state index contributed by atoms with van der Waals surface area (Å²) in [6.45, 7) is 2.00. The summed E-state index contributed by atoms with van der Waals surface area (Å²) in [7, 11) is 0. The molecule has 0 saturated heterocycles. The highest BCUT2D eigenvalue weighted by molar-refractivity contribution is 5.37. The van der Waals surface area contributed by atoms with Gasteiger partial charge in [-0.3, -0.25) is 0 Å². The van der Waals surface area contributed by atoms with Gasteiger partial charge in [0, 0.05) is 5.41 Å². The summed E-state index contributed by atoms with van der Waals surface area (Å²) in [5, 5.41) is 9.91. The largest absolute Gasteiger partial charge is 0.388 e. The highest BCUT2D eigenvalue weighted by Gasteiger charge is 2.88. The Morgan fingerprint density at radius 1 is 1.42 bits per heavy atom. The van der Waals surface area contributed by atoms with Crippen LogP contribution in [0.4, 0.5) is 0 Å². The summed E-state index contributed by atoms with van der Waals surface area (Å²) in [4.78, 5) is 0. The molecular weight excluding hydrogens is 148 g/mol. The van der Waals surface area contributed by atoms with Crippen molar-refractivity contribution < 1.29 is 5.11 Å². The molecule has 0 spiro atoms. The molecule has 0 aromatic heterocycles. The Bertz CT molecular complexity index is 222. The predicted octanol–water partition coefficient (Wildman–Crippen LogP) is 1.97. The van der Waals surface area contributed by atoms with Crippen molar-refractivity contribution in [2.45, 2.75) is 32.3 Å². The molecule has 0 aromatic carbocycles. The molecule has 0 radical (unpaired) electrons. The topological polar surface area (TPSA) is 20.2 Å².